The van der Waals surface area contributed by atoms with E-state index in [1.54, 1.807) is 54.4 Å². The van der Waals surface area contributed by atoms with Crippen LogP contribution in [0, 0.1) is 0 Å². The molecule has 0 aliphatic carbocycles. The summed E-state index contributed by atoms with van der Waals surface area (Å²) in [5, 5.41) is 0.426. The number of ether oxygens (including phenoxy) is 2. The van der Waals surface area contributed by atoms with Crippen LogP contribution < -0.4 is 9.47 Å². The topological polar surface area (TPSA) is 72.9 Å². The highest BCUT2D eigenvalue weighted by Gasteiger charge is 2.19. The molecule has 2 aromatic carbocycles. The zero-order chi connectivity index (χ0) is 20.5. The molecule has 0 bridgehead atoms. The van der Waals surface area contributed by atoms with Crippen molar-refractivity contribution in [1.29, 1.82) is 0 Å². The van der Waals surface area contributed by atoms with Crippen LogP contribution in [0.15, 0.2) is 47.4 Å². The van der Waals surface area contributed by atoms with Crippen molar-refractivity contribution in [2.75, 3.05) is 20.1 Å². The molecular formula is C20H20ClNO5S. The minimum atomic E-state index is -3.25. The molecule has 1 amide bonds. The zero-order valence-corrected chi connectivity index (χ0v) is 17.3. The molecule has 1 heterocycles. The van der Waals surface area contributed by atoms with Crippen molar-refractivity contribution < 1.29 is 22.7 Å². The SMILES string of the molecule is CC(c1ccc(S(C)(=O)=O)cc1)N(C)C(=O)/C=C/c1cc(Cl)c2c(c1)OCO2. The molecule has 6 nitrogen and oxygen atoms in total. The molecule has 0 radical (unpaired) electrons. The summed E-state index contributed by atoms with van der Waals surface area (Å²) in [6.45, 7) is 2.00. The predicted octanol–water partition coefficient (Wildman–Crippen LogP) is 3.71. The number of hydrogen-bond donors (Lipinski definition) is 0. The van der Waals surface area contributed by atoms with Gasteiger partial charge in [0.15, 0.2) is 21.3 Å². The normalized spacial score (nSPS) is 14.3. The van der Waals surface area contributed by atoms with E-state index in [2.05, 4.69) is 0 Å². The third kappa shape index (κ3) is 4.31. The number of carbonyl (C=O) groups excluding carboxylic acids is 1. The maximum Gasteiger partial charge on any atom is 0.246 e. The standard InChI is InChI=1S/C20H20ClNO5S/c1-13(15-5-7-16(8-6-15)28(3,24)25)22(2)19(23)9-4-14-10-17(21)20-18(11-14)26-12-27-20/h4-11,13H,12H2,1-3H3/b9-4+. The second-order valence-electron chi connectivity index (χ2n) is 6.54. The van der Waals surface area contributed by atoms with Crippen LogP contribution in [0.1, 0.15) is 24.1 Å². The molecule has 1 aliphatic heterocycles. The minimum Gasteiger partial charge on any atom is -0.454 e. The van der Waals surface area contributed by atoms with Gasteiger partial charge in [0, 0.05) is 19.4 Å². The summed E-state index contributed by atoms with van der Waals surface area (Å²) < 4.78 is 33.7. The fourth-order valence-corrected chi connectivity index (χ4v) is 3.68. The van der Waals surface area contributed by atoms with Gasteiger partial charge in [0.05, 0.1) is 16.0 Å². The highest BCUT2D eigenvalue weighted by atomic mass is 35.5. The fourth-order valence-electron chi connectivity index (χ4n) is 2.78. The van der Waals surface area contributed by atoms with Crippen LogP contribution in [0.2, 0.25) is 5.02 Å². The van der Waals surface area contributed by atoms with E-state index in [-0.39, 0.29) is 23.6 Å². The molecule has 2 aromatic rings. The van der Waals surface area contributed by atoms with Gasteiger partial charge in [-0.3, -0.25) is 4.79 Å². The highest BCUT2D eigenvalue weighted by Crippen LogP contribution is 2.40. The van der Waals surface area contributed by atoms with Gasteiger partial charge < -0.3 is 14.4 Å². The average molecular weight is 422 g/mol. The number of sulfone groups is 1. The molecule has 28 heavy (non-hydrogen) atoms. The first-order chi connectivity index (χ1) is 13.2. The Labute approximate surface area is 169 Å². The number of nitrogens with zero attached hydrogens (tertiary/aromatic N) is 1. The Morgan fingerprint density at radius 1 is 1.21 bits per heavy atom. The van der Waals surface area contributed by atoms with E-state index in [1.165, 1.54) is 6.08 Å². The maximum absolute atomic E-state index is 12.5. The molecule has 0 N–H and O–H groups in total. The molecule has 148 valence electrons. The third-order valence-corrected chi connectivity index (χ3v) is 6.00. The van der Waals surface area contributed by atoms with Gasteiger partial charge in [0.25, 0.3) is 0 Å². The summed E-state index contributed by atoms with van der Waals surface area (Å²) in [6.07, 6.45) is 4.27. The molecule has 0 spiro atoms. The zero-order valence-electron chi connectivity index (χ0n) is 15.7. The monoisotopic (exact) mass is 421 g/mol. The van der Waals surface area contributed by atoms with Crippen molar-refractivity contribution in [3.05, 3.63) is 58.6 Å². The quantitative estimate of drug-likeness (QED) is 0.688. The molecule has 1 aliphatic rings. The van der Waals surface area contributed by atoms with E-state index in [9.17, 15) is 13.2 Å². The Morgan fingerprint density at radius 3 is 2.54 bits per heavy atom. The van der Waals surface area contributed by atoms with Crippen molar-refractivity contribution in [1.82, 2.24) is 4.90 Å². The van der Waals surface area contributed by atoms with Gasteiger partial charge in [-0.2, -0.15) is 0 Å². The van der Waals surface area contributed by atoms with Crippen LogP contribution in [-0.2, 0) is 14.6 Å². The number of hydrogen-bond acceptors (Lipinski definition) is 5. The Morgan fingerprint density at radius 2 is 1.89 bits per heavy atom. The summed E-state index contributed by atoms with van der Waals surface area (Å²) in [6, 6.07) is 9.75. The summed E-state index contributed by atoms with van der Waals surface area (Å²) >= 11 is 6.15. The van der Waals surface area contributed by atoms with Gasteiger partial charge in [-0.15, -0.1) is 0 Å². The van der Waals surface area contributed by atoms with Crippen LogP contribution >= 0.6 is 11.6 Å². The molecule has 1 unspecified atom stereocenters. The Balaban J connectivity index is 1.72. The number of benzene rings is 2. The van der Waals surface area contributed by atoms with E-state index in [4.69, 9.17) is 21.1 Å². The second-order valence-corrected chi connectivity index (χ2v) is 8.96. The number of halogens is 1. The third-order valence-electron chi connectivity index (χ3n) is 4.59. The van der Waals surface area contributed by atoms with Gasteiger partial charge in [-0.05, 0) is 48.4 Å². The summed E-state index contributed by atoms with van der Waals surface area (Å²) in [4.78, 5) is 14.3. The highest BCUT2D eigenvalue weighted by molar-refractivity contribution is 7.90. The van der Waals surface area contributed by atoms with Gasteiger partial charge >= 0.3 is 0 Å². The number of fused-ring (bicyclic) bond motifs is 1. The van der Waals surface area contributed by atoms with Gasteiger partial charge in [0.1, 0.15) is 0 Å². The Kier molecular flexibility index (Phi) is 5.67. The van der Waals surface area contributed by atoms with E-state index in [1.807, 2.05) is 6.92 Å². The van der Waals surface area contributed by atoms with E-state index in [0.717, 1.165) is 17.4 Å². The number of carbonyl (C=O) groups is 1. The summed E-state index contributed by atoms with van der Waals surface area (Å²) in [5.74, 6) is 0.856. The van der Waals surface area contributed by atoms with Crippen molar-refractivity contribution in [3.63, 3.8) is 0 Å². The molecule has 0 saturated carbocycles. The molecule has 3 rings (SSSR count). The molecule has 1 atom stereocenters. The largest absolute Gasteiger partial charge is 0.454 e. The average Bonchev–Trinajstić information content (AvgIpc) is 3.13. The number of rotatable bonds is 5. The van der Waals surface area contributed by atoms with Crippen molar-refractivity contribution in [2.45, 2.75) is 17.9 Å². The maximum atomic E-state index is 12.5. The van der Waals surface area contributed by atoms with Gasteiger partial charge in [0.2, 0.25) is 12.7 Å². The van der Waals surface area contributed by atoms with E-state index < -0.39 is 9.84 Å². The first-order valence-corrected chi connectivity index (χ1v) is 10.8. The summed E-state index contributed by atoms with van der Waals surface area (Å²) in [5.41, 5.74) is 1.56. The van der Waals surface area contributed by atoms with Gasteiger partial charge in [-0.25, -0.2) is 8.42 Å². The number of likely N-dealkylation sites (N-methyl/N-ethyl adjacent to an activating group) is 1. The molecule has 0 aromatic heterocycles. The van der Waals surface area contributed by atoms with Crippen LogP contribution in [0.4, 0.5) is 0 Å². The van der Waals surface area contributed by atoms with Gasteiger partial charge in [-0.1, -0.05) is 23.7 Å². The van der Waals surface area contributed by atoms with Crippen molar-refractivity contribution in [2.24, 2.45) is 0 Å². The lowest BCUT2D eigenvalue weighted by molar-refractivity contribution is -0.126. The van der Waals surface area contributed by atoms with Crippen molar-refractivity contribution >= 4 is 33.4 Å². The minimum absolute atomic E-state index is 0.125. The van der Waals surface area contributed by atoms with E-state index in [0.29, 0.717) is 16.5 Å². The fraction of sp³-hybridized carbons (Fsp3) is 0.250. The predicted molar refractivity (Wildman–Crippen MR) is 107 cm³/mol. The Hall–Kier alpha value is -2.51. The van der Waals surface area contributed by atoms with Crippen LogP contribution in [0.3, 0.4) is 0 Å². The first-order valence-electron chi connectivity index (χ1n) is 8.51. The second kappa shape index (κ2) is 7.85. The lowest BCUT2D eigenvalue weighted by Crippen LogP contribution is -2.28. The number of amides is 1. The van der Waals surface area contributed by atoms with E-state index >= 15 is 0 Å². The smallest absolute Gasteiger partial charge is 0.246 e. The first kappa shape index (κ1) is 20.2. The Bertz CT molecular complexity index is 1030. The summed E-state index contributed by atoms with van der Waals surface area (Å²) in [7, 11) is -1.56. The lowest BCUT2D eigenvalue weighted by atomic mass is 10.1. The van der Waals surface area contributed by atoms with Crippen LogP contribution in [0.25, 0.3) is 6.08 Å². The van der Waals surface area contributed by atoms with Crippen molar-refractivity contribution in [3.8, 4) is 11.5 Å². The van der Waals surface area contributed by atoms with Crippen LogP contribution in [-0.4, -0.2) is 39.3 Å². The molecule has 0 fully saturated rings. The lowest BCUT2D eigenvalue weighted by Gasteiger charge is -2.24. The molecule has 8 heteroatoms. The molecule has 0 saturated heterocycles. The van der Waals surface area contributed by atoms with Crippen LogP contribution in [0.5, 0.6) is 11.5 Å². The molecular weight excluding hydrogens is 402 g/mol.